The highest BCUT2D eigenvalue weighted by Crippen LogP contribution is 2.24. The maximum absolute atomic E-state index is 11.7. The van der Waals surface area contributed by atoms with Gasteiger partial charge < -0.3 is 10.1 Å². The number of rotatable bonds is 4. The lowest BCUT2D eigenvalue weighted by Gasteiger charge is -2.04. The molecule has 0 saturated heterocycles. The largest absolute Gasteiger partial charge is 0.496 e. The van der Waals surface area contributed by atoms with Gasteiger partial charge in [0, 0.05) is 10.7 Å². The summed E-state index contributed by atoms with van der Waals surface area (Å²) < 4.78 is 5.86. The van der Waals surface area contributed by atoms with E-state index in [-0.39, 0.29) is 0 Å². The summed E-state index contributed by atoms with van der Waals surface area (Å²) in [5.41, 5.74) is 3.30. The number of hydrazone groups is 1. The van der Waals surface area contributed by atoms with Crippen LogP contribution in [0.25, 0.3) is 0 Å². The second-order valence-corrected chi connectivity index (χ2v) is 5.85. The van der Waals surface area contributed by atoms with Crippen LogP contribution in [0.1, 0.15) is 5.56 Å². The summed E-state index contributed by atoms with van der Waals surface area (Å²) in [4.78, 5) is 23.4. The van der Waals surface area contributed by atoms with Crippen LogP contribution >= 0.6 is 27.5 Å². The lowest BCUT2D eigenvalue weighted by molar-refractivity contribution is -0.136. The number of hydrogen-bond donors (Lipinski definition) is 2. The third kappa shape index (κ3) is 5.07. The van der Waals surface area contributed by atoms with Crippen LogP contribution in [0.4, 0.5) is 5.69 Å². The number of carbonyl (C=O) groups excluding carboxylic acids is 2. The molecule has 0 heterocycles. The minimum atomic E-state index is -0.890. The van der Waals surface area contributed by atoms with Crippen molar-refractivity contribution in [2.75, 3.05) is 12.4 Å². The van der Waals surface area contributed by atoms with Crippen molar-refractivity contribution in [3.63, 3.8) is 0 Å². The number of ether oxygens (including phenoxy) is 1. The first-order valence-electron chi connectivity index (χ1n) is 6.73. The van der Waals surface area contributed by atoms with Crippen molar-refractivity contribution in [1.29, 1.82) is 0 Å². The van der Waals surface area contributed by atoms with Crippen LogP contribution in [0, 0.1) is 0 Å². The van der Waals surface area contributed by atoms with E-state index < -0.39 is 11.8 Å². The quantitative estimate of drug-likeness (QED) is 0.461. The predicted molar refractivity (Wildman–Crippen MR) is 96.5 cm³/mol. The Morgan fingerprint density at radius 2 is 2.00 bits per heavy atom. The highest BCUT2D eigenvalue weighted by Gasteiger charge is 2.12. The van der Waals surface area contributed by atoms with Gasteiger partial charge in [-0.2, -0.15) is 5.10 Å². The molecule has 2 aromatic rings. The topological polar surface area (TPSA) is 79.8 Å². The number of carbonyl (C=O) groups is 2. The summed E-state index contributed by atoms with van der Waals surface area (Å²) in [6, 6.07) is 11.7. The van der Waals surface area contributed by atoms with Crippen molar-refractivity contribution >= 4 is 51.2 Å². The van der Waals surface area contributed by atoms with Crippen LogP contribution in [0.2, 0.25) is 5.02 Å². The molecule has 0 aromatic heterocycles. The van der Waals surface area contributed by atoms with Crippen LogP contribution in [-0.4, -0.2) is 25.1 Å². The monoisotopic (exact) mass is 409 g/mol. The molecule has 2 amide bonds. The Kier molecular flexibility index (Phi) is 6.34. The minimum Gasteiger partial charge on any atom is -0.496 e. The lowest BCUT2D eigenvalue weighted by atomic mass is 10.2. The van der Waals surface area contributed by atoms with Crippen LogP contribution < -0.4 is 15.5 Å². The normalized spacial score (nSPS) is 10.5. The smallest absolute Gasteiger partial charge is 0.329 e. The zero-order valence-electron chi connectivity index (χ0n) is 12.5. The second kappa shape index (κ2) is 8.47. The lowest BCUT2D eigenvalue weighted by Crippen LogP contribution is -2.32. The van der Waals surface area contributed by atoms with Crippen molar-refractivity contribution in [1.82, 2.24) is 5.43 Å². The number of benzene rings is 2. The molecule has 2 aromatic carbocycles. The second-order valence-electron chi connectivity index (χ2n) is 4.56. The molecular weight excluding hydrogens is 398 g/mol. The van der Waals surface area contributed by atoms with E-state index in [2.05, 4.69) is 31.8 Å². The first-order chi connectivity index (χ1) is 11.5. The maximum Gasteiger partial charge on any atom is 0.329 e. The molecular formula is C16H13BrClN3O3. The minimum absolute atomic E-state index is 0.422. The molecule has 0 unspecified atom stereocenters. The van der Waals surface area contributed by atoms with Crippen molar-refractivity contribution in [3.05, 3.63) is 57.5 Å². The van der Waals surface area contributed by atoms with E-state index >= 15 is 0 Å². The predicted octanol–water partition coefficient (Wildman–Crippen LogP) is 3.20. The van der Waals surface area contributed by atoms with E-state index in [1.165, 1.54) is 12.3 Å². The van der Waals surface area contributed by atoms with E-state index in [0.717, 1.165) is 10.0 Å². The molecule has 124 valence electrons. The number of hydrogen-bond acceptors (Lipinski definition) is 4. The molecule has 2 N–H and O–H groups in total. The molecule has 0 aliphatic heterocycles. The molecule has 0 atom stereocenters. The van der Waals surface area contributed by atoms with Gasteiger partial charge in [0.1, 0.15) is 5.75 Å². The first kappa shape index (κ1) is 18.0. The van der Waals surface area contributed by atoms with Gasteiger partial charge in [-0.05, 0) is 57.9 Å². The van der Waals surface area contributed by atoms with Gasteiger partial charge in [-0.1, -0.05) is 17.7 Å². The summed E-state index contributed by atoms with van der Waals surface area (Å²) in [6.07, 6.45) is 1.41. The number of halogens is 2. The first-order valence-corrected chi connectivity index (χ1v) is 7.90. The highest BCUT2D eigenvalue weighted by atomic mass is 79.9. The number of nitrogens with zero attached hydrogens (tertiary/aromatic N) is 1. The number of anilines is 1. The molecule has 24 heavy (non-hydrogen) atoms. The third-order valence-electron chi connectivity index (χ3n) is 2.84. The molecule has 0 bridgehead atoms. The zero-order valence-corrected chi connectivity index (χ0v) is 14.9. The number of amides is 2. The van der Waals surface area contributed by atoms with Gasteiger partial charge in [0.2, 0.25) is 0 Å². The summed E-state index contributed by atoms with van der Waals surface area (Å²) in [5, 5.41) is 6.62. The summed E-state index contributed by atoms with van der Waals surface area (Å²) in [7, 11) is 1.56. The van der Waals surface area contributed by atoms with E-state index in [0.29, 0.717) is 16.5 Å². The SMILES string of the molecule is COc1ccc(/C=N\NC(=O)C(=O)Nc2cccc(Cl)c2)cc1Br. The Bertz CT molecular complexity index is 796. The maximum atomic E-state index is 11.7. The molecule has 0 radical (unpaired) electrons. The van der Waals surface area contributed by atoms with Gasteiger partial charge in [0.05, 0.1) is 17.8 Å². The Hall–Kier alpha value is -2.38. The Balaban J connectivity index is 1.92. The molecule has 0 aliphatic carbocycles. The van der Waals surface area contributed by atoms with Crippen molar-refractivity contribution in [2.45, 2.75) is 0 Å². The van der Waals surface area contributed by atoms with E-state index in [4.69, 9.17) is 16.3 Å². The van der Waals surface area contributed by atoms with E-state index in [1.807, 2.05) is 0 Å². The van der Waals surface area contributed by atoms with Crippen molar-refractivity contribution < 1.29 is 14.3 Å². The molecule has 8 heteroatoms. The van der Waals surface area contributed by atoms with Crippen LogP contribution in [-0.2, 0) is 9.59 Å². The Morgan fingerprint density at radius 1 is 1.21 bits per heavy atom. The van der Waals surface area contributed by atoms with E-state index in [9.17, 15) is 9.59 Å². The van der Waals surface area contributed by atoms with Gasteiger partial charge in [0.15, 0.2) is 0 Å². The van der Waals surface area contributed by atoms with Gasteiger partial charge in [-0.25, -0.2) is 5.43 Å². The fraction of sp³-hybridized carbons (Fsp3) is 0.0625. The van der Waals surface area contributed by atoms with Gasteiger partial charge >= 0.3 is 11.8 Å². The molecule has 2 rings (SSSR count). The average Bonchev–Trinajstić information content (AvgIpc) is 2.55. The van der Waals surface area contributed by atoms with Crippen molar-refractivity contribution in [2.24, 2.45) is 5.10 Å². The Morgan fingerprint density at radius 3 is 2.67 bits per heavy atom. The molecule has 0 aliphatic rings. The molecule has 6 nitrogen and oxygen atoms in total. The summed E-state index contributed by atoms with van der Waals surface area (Å²) in [6.45, 7) is 0. The molecule has 0 fully saturated rings. The van der Waals surface area contributed by atoms with Gasteiger partial charge in [-0.15, -0.1) is 0 Å². The van der Waals surface area contributed by atoms with Crippen molar-refractivity contribution in [3.8, 4) is 5.75 Å². The molecule has 0 spiro atoms. The summed E-state index contributed by atoms with van der Waals surface area (Å²) in [5.74, 6) is -1.05. The Labute approximate surface area is 152 Å². The summed E-state index contributed by atoms with van der Waals surface area (Å²) >= 11 is 9.15. The highest BCUT2D eigenvalue weighted by molar-refractivity contribution is 9.10. The third-order valence-corrected chi connectivity index (χ3v) is 3.70. The van der Waals surface area contributed by atoms with Crippen LogP contribution in [0.3, 0.4) is 0 Å². The van der Waals surface area contributed by atoms with Crippen LogP contribution in [0.15, 0.2) is 52.0 Å². The van der Waals surface area contributed by atoms with Gasteiger partial charge in [-0.3, -0.25) is 9.59 Å². The average molecular weight is 411 g/mol. The van der Waals surface area contributed by atoms with Crippen LogP contribution in [0.5, 0.6) is 5.75 Å². The zero-order chi connectivity index (χ0) is 17.5. The number of methoxy groups -OCH3 is 1. The number of nitrogens with one attached hydrogen (secondary N) is 2. The fourth-order valence-electron chi connectivity index (χ4n) is 1.73. The molecule has 0 saturated carbocycles. The van der Waals surface area contributed by atoms with E-state index in [1.54, 1.807) is 43.5 Å². The fourth-order valence-corrected chi connectivity index (χ4v) is 2.48. The van der Waals surface area contributed by atoms with Gasteiger partial charge in [0.25, 0.3) is 0 Å². The standard InChI is InChI=1S/C16H13BrClN3O3/c1-24-14-6-5-10(7-13(14)17)9-19-21-16(23)15(22)20-12-4-2-3-11(18)8-12/h2-9H,1H3,(H,20,22)(H,21,23)/b19-9-.